The van der Waals surface area contributed by atoms with Gasteiger partial charge in [-0.3, -0.25) is 0 Å². The Morgan fingerprint density at radius 1 is 1.43 bits per heavy atom. The molecule has 0 aromatic heterocycles. The number of hydrogen-bond donors (Lipinski definition) is 2. The molecule has 1 rings (SSSR count). The van der Waals surface area contributed by atoms with Crippen LogP contribution in [-0.4, -0.2) is 41.8 Å². The maximum atomic E-state index is 11.6. The second kappa shape index (κ2) is 5.20. The summed E-state index contributed by atoms with van der Waals surface area (Å²) in [6.07, 6.45) is 2.19. The molecular formula is C10H20N2O2. The summed E-state index contributed by atoms with van der Waals surface area (Å²) in [6, 6.07) is -0.154. The van der Waals surface area contributed by atoms with Crippen LogP contribution in [0.25, 0.3) is 0 Å². The van der Waals surface area contributed by atoms with Gasteiger partial charge in [0.15, 0.2) is 0 Å². The minimum Gasteiger partial charge on any atom is -0.394 e. The molecule has 0 aliphatic carbocycles. The molecule has 1 saturated heterocycles. The van der Waals surface area contributed by atoms with E-state index in [0.717, 1.165) is 25.9 Å². The quantitative estimate of drug-likeness (QED) is 0.708. The minimum absolute atomic E-state index is 0.0112. The Bertz CT molecular complexity index is 189. The van der Waals surface area contributed by atoms with Crippen LogP contribution in [0.4, 0.5) is 4.79 Å². The van der Waals surface area contributed by atoms with E-state index in [2.05, 4.69) is 5.32 Å². The fraction of sp³-hybridized carbons (Fsp3) is 0.900. The molecule has 1 atom stereocenters. The fourth-order valence-electron chi connectivity index (χ4n) is 1.59. The van der Waals surface area contributed by atoms with Gasteiger partial charge in [0.05, 0.1) is 12.6 Å². The van der Waals surface area contributed by atoms with E-state index in [0.29, 0.717) is 0 Å². The number of nitrogens with one attached hydrogen (secondary N) is 1. The van der Waals surface area contributed by atoms with Gasteiger partial charge in [0.25, 0.3) is 0 Å². The van der Waals surface area contributed by atoms with Crippen LogP contribution in [0.5, 0.6) is 0 Å². The summed E-state index contributed by atoms with van der Waals surface area (Å²) in [5.41, 5.74) is 0. The first-order chi connectivity index (χ1) is 6.65. The van der Waals surface area contributed by atoms with Crippen LogP contribution < -0.4 is 5.32 Å². The molecular weight excluding hydrogens is 180 g/mol. The molecule has 14 heavy (non-hydrogen) atoms. The highest BCUT2D eigenvalue weighted by Crippen LogP contribution is 2.08. The number of nitrogens with zero attached hydrogens (tertiary/aromatic N) is 1. The van der Waals surface area contributed by atoms with Gasteiger partial charge < -0.3 is 15.3 Å². The number of amides is 2. The Morgan fingerprint density at radius 3 is 2.43 bits per heavy atom. The third-order valence-electron chi connectivity index (χ3n) is 2.70. The Balaban J connectivity index is 2.37. The summed E-state index contributed by atoms with van der Waals surface area (Å²) in [5, 5.41) is 11.9. The van der Waals surface area contributed by atoms with Crippen molar-refractivity contribution in [2.24, 2.45) is 5.92 Å². The van der Waals surface area contributed by atoms with Crippen molar-refractivity contribution in [1.82, 2.24) is 10.2 Å². The maximum absolute atomic E-state index is 11.6. The standard InChI is InChI=1S/C10H20N2O2/c1-8(2)9(7-13)11-10(14)12-5-3-4-6-12/h8-9,13H,3-7H2,1-2H3,(H,11,14)/t9-/m1/s1. The lowest BCUT2D eigenvalue weighted by atomic mass is 10.1. The van der Waals surface area contributed by atoms with Crippen LogP contribution >= 0.6 is 0 Å². The molecule has 1 aliphatic heterocycles. The number of carbonyl (C=O) groups is 1. The highest BCUT2D eigenvalue weighted by atomic mass is 16.3. The van der Waals surface area contributed by atoms with E-state index in [9.17, 15) is 4.79 Å². The average molecular weight is 200 g/mol. The van der Waals surface area contributed by atoms with Crippen molar-refractivity contribution in [3.05, 3.63) is 0 Å². The van der Waals surface area contributed by atoms with Crippen LogP contribution in [0.2, 0.25) is 0 Å². The number of hydrogen-bond acceptors (Lipinski definition) is 2. The summed E-state index contributed by atoms with van der Waals surface area (Å²) in [5.74, 6) is 0.270. The second-order valence-corrected chi connectivity index (χ2v) is 4.18. The summed E-state index contributed by atoms with van der Waals surface area (Å²) < 4.78 is 0. The van der Waals surface area contributed by atoms with Gasteiger partial charge in [-0.1, -0.05) is 13.8 Å². The van der Waals surface area contributed by atoms with Crippen LogP contribution in [-0.2, 0) is 0 Å². The zero-order chi connectivity index (χ0) is 10.6. The molecule has 0 radical (unpaired) electrons. The first-order valence-corrected chi connectivity index (χ1v) is 5.31. The van der Waals surface area contributed by atoms with Crippen molar-refractivity contribution >= 4 is 6.03 Å². The number of aliphatic hydroxyl groups excluding tert-OH is 1. The van der Waals surface area contributed by atoms with E-state index in [1.54, 1.807) is 0 Å². The molecule has 1 fully saturated rings. The van der Waals surface area contributed by atoms with Crippen molar-refractivity contribution in [2.45, 2.75) is 32.7 Å². The lowest BCUT2D eigenvalue weighted by Crippen LogP contribution is -2.47. The number of likely N-dealkylation sites (tertiary alicyclic amines) is 1. The summed E-state index contributed by atoms with van der Waals surface area (Å²) in [4.78, 5) is 13.4. The Kier molecular flexibility index (Phi) is 4.20. The number of urea groups is 1. The van der Waals surface area contributed by atoms with E-state index in [1.807, 2.05) is 18.7 Å². The summed E-state index contributed by atoms with van der Waals surface area (Å²) in [7, 11) is 0. The molecule has 2 amide bonds. The monoisotopic (exact) mass is 200 g/mol. The fourth-order valence-corrected chi connectivity index (χ4v) is 1.59. The largest absolute Gasteiger partial charge is 0.394 e. The van der Waals surface area contributed by atoms with Crippen molar-refractivity contribution in [2.75, 3.05) is 19.7 Å². The molecule has 4 nitrogen and oxygen atoms in total. The molecule has 4 heteroatoms. The smallest absolute Gasteiger partial charge is 0.317 e. The van der Waals surface area contributed by atoms with Crippen LogP contribution in [0.3, 0.4) is 0 Å². The molecule has 1 aliphatic rings. The summed E-state index contributed by atoms with van der Waals surface area (Å²) in [6.45, 7) is 5.69. The minimum atomic E-state index is -0.122. The lowest BCUT2D eigenvalue weighted by molar-refractivity contribution is 0.178. The van der Waals surface area contributed by atoms with E-state index in [4.69, 9.17) is 5.11 Å². The lowest BCUT2D eigenvalue weighted by Gasteiger charge is -2.24. The maximum Gasteiger partial charge on any atom is 0.317 e. The Hall–Kier alpha value is -0.770. The zero-order valence-electron chi connectivity index (χ0n) is 8.99. The SMILES string of the molecule is CC(C)[C@@H](CO)NC(=O)N1CCCC1. The highest BCUT2D eigenvalue weighted by Gasteiger charge is 2.21. The van der Waals surface area contributed by atoms with Crippen molar-refractivity contribution in [3.63, 3.8) is 0 Å². The zero-order valence-corrected chi connectivity index (χ0v) is 8.99. The van der Waals surface area contributed by atoms with E-state index >= 15 is 0 Å². The number of aliphatic hydroxyl groups is 1. The van der Waals surface area contributed by atoms with Gasteiger partial charge >= 0.3 is 6.03 Å². The predicted molar refractivity (Wildman–Crippen MR) is 55.1 cm³/mol. The third-order valence-corrected chi connectivity index (χ3v) is 2.70. The van der Waals surface area contributed by atoms with Gasteiger partial charge in [0.1, 0.15) is 0 Å². The normalized spacial score (nSPS) is 18.7. The van der Waals surface area contributed by atoms with E-state index in [-0.39, 0.29) is 24.6 Å². The first-order valence-electron chi connectivity index (χ1n) is 5.31. The molecule has 0 bridgehead atoms. The van der Waals surface area contributed by atoms with Gasteiger partial charge in [-0.05, 0) is 18.8 Å². The molecule has 0 aromatic rings. The average Bonchev–Trinajstić information content (AvgIpc) is 2.65. The first kappa shape index (κ1) is 11.3. The highest BCUT2D eigenvalue weighted by molar-refractivity contribution is 5.74. The number of carbonyl (C=O) groups excluding carboxylic acids is 1. The third kappa shape index (κ3) is 2.87. The van der Waals surface area contributed by atoms with Gasteiger partial charge in [0.2, 0.25) is 0 Å². The van der Waals surface area contributed by atoms with E-state index in [1.165, 1.54) is 0 Å². The molecule has 1 heterocycles. The van der Waals surface area contributed by atoms with Crippen LogP contribution in [0.1, 0.15) is 26.7 Å². The van der Waals surface area contributed by atoms with Crippen molar-refractivity contribution < 1.29 is 9.90 Å². The topological polar surface area (TPSA) is 52.6 Å². The Morgan fingerprint density at radius 2 is 2.00 bits per heavy atom. The summed E-state index contributed by atoms with van der Waals surface area (Å²) >= 11 is 0. The van der Waals surface area contributed by atoms with Gasteiger partial charge in [-0.2, -0.15) is 0 Å². The van der Waals surface area contributed by atoms with Crippen LogP contribution in [0.15, 0.2) is 0 Å². The van der Waals surface area contributed by atoms with E-state index < -0.39 is 0 Å². The molecule has 82 valence electrons. The van der Waals surface area contributed by atoms with Crippen LogP contribution in [0, 0.1) is 5.92 Å². The molecule has 0 spiro atoms. The van der Waals surface area contributed by atoms with Gasteiger partial charge in [0, 0.05) is 13.1 Å². The molecule has 0 saturated carbocycles. The van der Waals surface area contributed by atoms with Crippen molar-refractivity contribution in [1.29, 1.82) is 0 Å². The van der Waals surface area contributed by atoms with Gasteiger partial charge in [-0.15, -0.1) is 0 Å². The predicted octanol–water partition coefficient (Wildman–Crippen LogP) is 0.809. The molecule has 0 aromatic carbocycles. The molecule has 0 unspecified atom stereocenters. The van der Waals surface area contributed by atoms with Gasteiger partial charge in [-0.25, -0.2) is 4.79 Å². The Labute approximate surface area is 85.3 Å². The molecule has 2 N–H and O–H groups in total. The number of rotatable bonds is 3. The second-order valence-electron chi connectivity index (χ2n) is 4.18. The van der Waals surface area contributed by atoms with Crippen molar-refractivity contribution in [3.8, 4) is 0 Å².